The number of rotatable bonds is 5. The molecule has 4 aromatic rings. The van der Waals surface area contributed by atoms with E-state index in [0.29, 0.717) is 22.7 Å². The molecule has 0 saturated carbocycles. The minimum atomic E-state index is -0.735. The van der Waals surface area contributed by atoms with E-state index in [2.05, 4.69) is 11.4 Å². The summed E-state index contributed by atoms with van der Waals surface area (Å²) in [6.07, 6.45) is 0. The zero-order valence-electron chi connectivity index (χ0n) is 17.3. The Morgan fingerprint density at radius 3 is 2.35 bits per heavy atom. The monoisotopic (exact) mass is 424 g/mol. The highest BCUT2D eigenvalue weighted by atomic mass is 28.2. The smallest absolute Gasteiger partial charge is 0.255 e. The zero-order chi connectivity index (χ0) is 21.8. The molecule has 4 rings (SSSR count). The van der Waals surface area contributed by atoms with Crippen molar-refractivity contribution in [3.8, 4) is 16.9 Å². The van der Waals surface area contributed by atoms with E-state index in [0.717, 1.165) is 16.7 Å². The van der Waals surface area contributed by atoms with Gasteiger partial charge in [-0.3, -0.25) is 4.79 Å². The van der Waals surface area contributed by atoms with Crippen LogP contribution < -0.4 is 21.4 Å². The summed E-state index contributed by atoms with van der Waals surface area (Å²) in [5.41, 5.74) is 10.8. The van der Waals surface area contributed by atoms with Crippen LogP contribution in [0.25, 0.3) is 11.1 Å². The number of nitrogens with two attached hydrogens (primary N) is 1. The number of aromatic hydroxyl groups is 1. The fourth-order valence-electron chi connectivity index (χ4n) is 3.52. The molecule has 0 aliphatic heterocycles. The number of carbonyl (C=O) groups is 1. The van der Waals surface area contributed by atoms with Gasteiger partial charge in [-0.15, -0.1) is 0 Å². The SMILES string of the molecule is Cc1c(O)cccc1[SiH2]c1ccc(C(=O)Nc2cc(-c3ccccc3)ccc2N)cc1. The highest BCUT2D eigenvalue weighted by Crippen LogP contribution is 2.27. The minimum absolute atomic E-state index is 0.196. The van der Waals surface area contributed by atoms with Crippen molar-refractivity contribution >= 4 is 37.2 Å². The van der Waals surface area contributed by atoms with Crippen LogP contribution in [0.4, 0.5) is 11.4 Å². The van der Waals surface area contributed by atoms with Crippen LogP contribution in [0.15, 0.2) is 91.0 Å². The number of hydrogen-bond donors (Lipinski definition) is 3. The third-order valence-corrected chi connectivity index (χ3v) is 7.46. The minimum Gasteiger partial charge on any atom is -0.508 e. The highest BCUT2D eigenvalue weighted by Gasteiger charge is 2.11. The van der Waals surface area contributed by atoms with Gasteiger partial charge in [-0.2, -0.15) is 0 Å². The van der Waals surface area contributed by atoms with Gasteiger partial charge in [-0.25, -0.2) is 0 Å². The summed E-state index contributed by atoms with van der Waals surface area (Å²) in [5, 5.41) is 15.2. The molecule has 4 aromatic carbocycles. The lowest BCUT2D eigenvalue weighted by Gasteiger charge is -2.11. The molecule has 0 spiro atoms. The summed E-state index contributed by atoms with van der Waals surface area (Å²) >= 11 is 0. The average Bonchev–Trinajstić information content (AvgIpc) is 2.79. The molecule has 4 nitrogen and oxygen atoms in total. The maximum Gasteiger partial charge on any atom is 0.255 e. The first-order chi connectivity index (χ1) is 15.0. The van der Waals surface area contributed by atoms with E-state index in [4.69, 9.17) is 5.73 Å². The third kappa shape index (κ3) is 4.68. The molecule has 0 aliphatic rings. The molecule has 0 unspecified atom stereocenters. The van der Waals surface area contributed by atoms with Crippen LogP contribution in [0.5, 0.6) is 5.75 Å². The van der Waals surface area contributed by atoms with Crippen LogP contribution in [0.1, 0.15) is 15.9 Å². The van der Waals surface area contributed by atoms with Crippen molar-refractivity contribution < 1.29 is 9.90 Å². The second-order valence-corrected chi connectivity index (χ2v) is 9.49. The molecule has 0 atom stereocenters. The van der Waals surface area contributed by atoms with Crippen molar-refractivity contribution in [1.29, 1.82) is 0 Å². The normalized spacial score (nSPS) is 11.0. The van der Waals surface area contributed by atoms with Gasteiger partial charge in [0.2, 0.25) is 0 Å². The quantitative estimate of drug-likeness (QED) is 0.340. The molecular formula is C26H24N2O2Si. The Labute approximate surface area is 184 Å². The van der Waals surface area contributed by atoms with Gasteiger partial charge in [-0.1, -0.05) is 71.0 Å². The van der Waals surface area contributed by atoms with Gasteiger partial charge in [0.15, 0.2) is 0 Å². The Kier molecular flexibility index (Phi) is 5.86. The number of nitrogen functional groups attached to an aromatic ring is 1. The fraction of sp³-hybridized carbons (Fsp3) is 0.0385. The summed E-state index contributed by atoms with van der Waals surface area (Å²) in [7, 11) is -0.735. The molecule has 31 heavy (non-hydrogen) atoms. The molecule has 0 saturated heterocycles. The Balaban J connectivity index is 1.50. The van der Waals surface area contributed by atoms with Crippen molar-refractivity contribution in [2.45, 2.75) is 6.92 Å². The second-order valence-electron chi connectivity index (χ2n) is 7.56. The number of nitrogens with one attached hydrogen (secondary N) is 1. The molecule has 4 N–H and O–H groups in total. The van der Waals surface area contributed by atoms with Crippen LogP contribution in [-0.4, -0.2) is 20.5 Å². The summed E-state index contributed by atoms with van der Waals surface area (Å²) in [5.74, 6) is 0.134. The van der Waals surface area contributed by atoms with Crippen LogP contribution >= 0.6 is 0 Å². The number of phenols is 1. The maximum atomic E-state index is 12.8. The van der Waals surface area contributed by atoms with Gasteiger partial charge in [0.25, 0.3) is 5.91 Å². The van der Waals surface area contributed by atoms with Crippen molar-refractivity contribution in [1.82, 2.24) is 0 Å². The molecule has 0 aliphatic carbocycles. The van der Waals surface area contributed by atoms with Crippen LogP contribution in [0, 0.1) is 6.92 Å². The predicted octanol–water partition coefficient (Wildman–Crippen LogP) is 3.32. The van der Waals surface area contributed by atoms with Crippen molar-refractivity contribution in [3.63, 3.8) is 0 Å². The average molecular weight is 425 g/mol. The fourth-order valence-corrected chi connectivity index (χ4v) is 5.14. The number of phenolic OH excluding ortho intramolecular Hbond substituents is 1. The Bertz CT molecular complexity index is 1220. The van der Waals surface area contributed by atoms with Gasteiger partial charge in [0, 0.05) is 5.56 Å². The molecule has 1 amide bonds. The molecule has 0 heterocycles. The van der Waals surface area contributed by atoms with Crippen LogP contribution in [0.3, 0.4) is 0 Å². The molecular weight excluding hydrogens is 400 g/mol. The van der Waals surface area contributed by atoms with E-state index >= 15 is 0 Å². The van der Waals surface area contributed by atoms with Crippen LogP contribution in [0.2, 0.25) is 0 Å². The molecule has 0 fully saturated rings. The Morgan fingerprint density at radius 2 is 1.61 bits per heavy atom. The molecule has 0 bridgehead atoms. The van der Waals surface area contributed by atoms with E-state index < -0.39 is 9.52 Å². The van der Waals surface area contributed by atoms with Gasteiger partial charge < -0.3 is 16.2 Å². The largest absolute Gasteiger partial charge is 0.508 e. The molecule has 0 aromatic heterocycles. The summed E-state index contributed by atoms with van der Waals surface area (Å²) in [6.45, 7) is 1.94. The highest BCUT2D eigenvalue weighted by molar-refractivity contribution is 6.67. The van der Waals surface area contributed by atoms with Gasteiger partial charge in [0.1, 0.15) is 5.75 Å². The van der Waals surface area contributed by atoms with Crippen molar-refractivity contribution in [2.24, 2.45) is 0 Å². The lowest BCUT2D eigenvalue weighted by atomic mass is 10.0. The number of amides is 1. The van der Waals surface area contributed by atoms with Crippen LogP contribution in [-0.2, 0) is 0 Å². The van der Waals surface area contributed by atoms with E-state index in [9.17, 15) is 9.90 Å². The third-order valence-electron chi connectivity index (χ3n) is 5.44. The number of anilines is 2. The predicted molar refractivity (Wildman–Crippen MR) is 131 cm³/mol. The van der Waals surface area contributed by atoms with Crippen molar-refractivity contribution in [2.75, 3.05) is 11.1 Å². The summed E-state index contributed by atoms with van der Waals surface area (Å²) in [4.78, 5) is 12.8. The van der Waals surface area contributed by atoms with E-state index in [-0.39, 0.29) is 5.91 Å². The molecule has 5 heteroatoms. The number of hydrogen-bond acceptors (Lipinski definition) is 3. The lowest BCUT2D eigenvalue weighted by Crippen LogP contribution is -2.29. The number of carbonyl (C=O) groups excluding carboxylic acids is 1. The Morgan fingerprint density at radius 1 is 0.871 bits per heavy atom. The summed E-state index contributed by atoms with van der Waals surface area (Å²) in [6, 6.07) is 28.9. The van der Waals surface area contributed by atoms with Gasteiger partial charge in [0.05, 0.1) is 20.9 Å². The number of benzene rings is 4. The van der Waals surface area contributed by atoms with Crippen molar-refractivity contribution in [3.05, 3.63) is 102 Å². The standard InChI is InChI=1S/C26H24N2O2Si/c1-17-24(29)8-5-9-25(17)31-21-13-10-19(11-14-21)26(30)28-23-16-20(12-15-22(23)27)18-6-3-2-4-7-18/h2-16,29H,27,31H2,1H3,(H,28,30). The first kappa shape index (κ1) is 20.4. The Hall–Kier alpha value is -3.83. The van der Waals surface area contributed by atoms with E-state index in [1.807, 2.05) is 85.8 Å². The zero-order valence-corrected chi connectivity index (χ0v) is 18.7. The van der Waals surface area contributed by atoms with E-state index in [1.165, 1.54) is 10.4 Å². The molecule has 0 radical (unpaired) electrons. The topological polar surface area (TPSA) is 75.3 Å². The first-order valence-electron chi connectivity index (χ1n) is 10.1. The van der Waals surface area contributed by atoms with Gasteiger partial charge >= 0.3 is 0 Å². The maximum absolute atomic E-state index is 12.8. The van der Waals surface area contributed by atoms with E-state index in [1.54, 1.807) is 6.07 Å². The first-order valence-corrected chi connectivity index (χ1v) is 11.6. The molecule has 154 valence electrons. The lowest BCUT2D eigenvalue weighted by molar-refractivity contribution is 0.102. The second kappa shape index (κ2) is 8.89. The summed E-state index contributed by atoms with van der Waals surface area (Å²) < 4.78 is 0. The van der Waals surface area contributed by atoms with Gasteiger partial charge in [-0.05, 0) is 53.9 Å².